The minimum absolute atomic E-state index is 0.214. The van der Waals surface area contributed by atoms with Crippen LogP contribution in [-0.4, -0.2) is 52.0 Å². The normalized spacial score (nSPS) is 19.3. The molecule has 0 saturated carbocycles. The molecule has 1 atom stereocenters. The predicted octanol–water partition coefficient (Wildman–Crippen LogP) is 1.09. The zero-order chi connectivity index (χ0) is 16.2. The molecule has 0 aromatic heterocycles. The second-order valence-electron chi connectivity index (χ2n) is 5.32. The van der Waals surface area contributed by atoms with E-state index in [1.54, 1.807) is 6.92 Å². The molecule has 1 N–H and O–H groups in total. The summed E-state index contributed by atoms with van der Waals surface area (Å²) in [5.74, 6) is -0.0970. The molecule has 0 amide bonds. The first-order chi connectivity index (χ1) is 10.5. The molecule has 2 rings (SSSR count). The zero-order valence-corrected chi connectivity index (χ0v) is 13.7. The molecule has 1 aromatic rings. The lowest BCUT2D eigenvalue weighted by Gasteiger charge is -2.16. The number of nitrogens with zero attached hydrogens (tertiary/aromatic N) is 1. The Labute approximate surface area is 131 Å². The molecule has 1 unspecified atom stereocenters. The number of carbonyl (C=O) groups excluding carboxylic acids is 1. The molecule has 1 heterocycles. The number of ether oxygens (including phenoxy) is 1. The maximum absolute atomic E-state index is 12.6. The zero-order valence-electron chi connectivity index (χ0n) is 12.9. The van der Waals surface area contributed by atoms with Gasteiger partial charge in [0.05, 0.1) is 17.1 Å². The van der Waals surface area contributed by atoms with E-state index in [-0.39, 0.29) is 4.90 Å². The van der Waals surface area contributed by atoms with Crippen LogP contribution in [0.1, 0.15) is 23.7 Å². The van der Waals surface area contributed by atoms with Crippen molar-refractivity contribution in [1.29, 1.82) is 0 Å². The number of esters is 1. The van der Waals surface area contributed by atoms with Crippen LogP contribution in [0.4, 0.5) is 0 Å². The van der Waals surface area contributed by atoms with Crippen LogP contribution >= 0.6 is 0 Å². The molecule has 1 aliphatic rings. The molecular formula is C15H22N2O4S. The lowest BCUT2D eigenvalue weighted by Crippen LogP contribution is -2.30. The summed E-state index contributed by atoms with van der Waals surface area (Å²) in [5.41, 5.74) is 0.357. The first kappa shape index (κ1) is 16.9. The highest BCUT2D eigenvalue weighted by molar-refractivity contribution is 7.89. The molecule has 1 saturated heterocycles. The fourth-order valence-corrected chi connectivity index (χ4v) is 4.13. The van der Waals surface area contributed by atoms with Crippen molar-refractivity contribution in [3.63, 3.8) is 0 Å². The van der Waals surface area contributed by atoms with E-state index in [2.05, 4.69) is 5.32 Å². The molecule has 1 fully saturated rings. The van der Waals surface area contributed by atoms with E-state index >= 15 is 0 Å². The summed E-state index contributed by atoms with van der Waals surface area (Å²) in [6.45, 7) is 3.90. The number of benzene rings is 1. The highest BCUT2D eigenvalue weighted by atomic mass is 32.2. The second kappa shape index (κ2) is 7.21. The van der Waals surface area contributed by atoms with Gasteiger partial charge in [0.2, 0.25) is 10.0 Å². The highest BCUT2D eigenvalue weighted by Crippen LogP contribution is 2.24. The minimum Gasteiger partial charge on any atom is -0.462 e. The lowest BCUT2D eigenvalue weighted by atomic mass is 10.1. The summed E-state index contributed by atoms with van der Waals surface area (Å²) < 4.78 is 31.6. The van der Waals surface area contributed by atoms with Gasteiger partial charge < -0.3 is 10.1 Å². The van der Waals surface area contributed by atoms with Crippen molar-refractivity contribution in [3.8, 4) is 0 Å². The van der Waals surface area contributed by atoms with Gasteiger partial charge in [-0.15, -0.1) is 0 Å². The standard InChI is InChI=1S/C15H22N2O4S/c1-3-21-15(18)13-4-6-14(7-5-13)22(19,20)17-9-8-12(11-17)10-16-2/h4-7,12,16H,3,8-11H2,1-2H3. The van der Waals surface area contributed by atoms with Gasteiger partial charge in [0.15, 0.2) is 0 Å². The largest absolute Gasteiger partial charge is 0.462 e. The molecule has 0 aliphatic carbocycles. The average molecular weight is 326 g/mol. The van der Waals surface area contributed by atoms with Crippen LogP contribution in [0.5, 0.6) is 0 Å². The van der Waals surface area contributed by atoms with Crippen LogP contribution in [0, 0.1) is 5.92 Å². The SMILES string of the molecule is CCOC(=O)c1ccc(S(=O)(=O)N2CCC(CNC)C2)cc1. The molecule has 7 heteroatoms. The van der Waals surface area contributed by atoms with E-state index in [9.17, 15) is 13.2 Å². The van der Waals surface area contributed by atoms with Gasteiger partial charge in [-0.1, -0.05) is 0 Å². The molecule has 0 spiro atoms. The van der Waals surface area contributed by atoms with Gasteiger partial charge in [0.25, 0.3) is 0 Å². The molecule has 0 radical (unpaired) electrons. The first-order valence-electron chi connectivity index (χ1n) is 7.41. The molecule has 0 bridgehead atoms. The van der Waals surface area contributed by atoms with E-state index in [1.807, 2.05) is 7.05 Å². The lowest BCUT2D eigenvalue weighted by molar-refractivity contribution is 0.0526. The smallest absolute Gasteiger partial charge is 0.338 e. The third-order valence-corrected chi connectivity index (χ3v) is 5.62. The van der Waals surface area contributed by atoms with Gasteiger partial charge >= 0.3 is 5.97 Å². The van der Waals surface area contributed by atoms with Gasteiger partial charge in [0, 0.05) is 13.1 Å². The summed E-state index contributed by atoms with van der Waals surface area (Å²) in [6.07, 6.45) is 0.862. The monoisotopic (exact) mass is 326 g/mol. The average Bonchev–Trinajstić information content (AvgIpc) is 2.97. The number of carbonyl (C=O) groups is 1. The van der Waals surface area contributed by atoms with Gasteiger partial charge in [-0.2, -0.15) is 4.31 Å². The number of nitrogens with one attached hydrogen (secondary N) is 1. The quantitative estimate of drug-likeness (QED) is 0.792. The van der Waals surface area contributed by atoms with Crippen LogP contribution < -0.4 is 5.32 Å². The Morgan fingerprint density at radius 2 is 2.05 bits per heavy atom. The minimum atomic E-state index is -3.49. The maximum Gasteiger partial charge on any atom is 0.338 e. The Morgan fingerprint density at radius 1 is 1.36 bits per heavy atom. The third kappa shape index (κ3) is 3.66. The first-order valence-corrected chi connectivity index (χ1v) is 8.85. The second-order valence-corrected chi connectivity index (χ2v) is 7.26. The summed E-state index contributed by atoms with van der Waals surface area (Å²) in [5, 5.41) is 3.08. The Kier molecular flexibility index (Phi) is 5.55. The van der Waals surface area contributed by atoms with Crippen LogP contribution in [0.3, 0.4) is 0 Å². The fraction of sp³-hybridized carbons (Fsp3) is 0.533. The Hall–Kier alpha value is -1.44. The van der Waals surface area contributed by atoms with Crippen molar-refractivity contribution in [1.82, 2.24) is 9.62 Å². The molecule has 22 heavy (non-hydrogen) atoms. The molecule has 1 aliphatic heterocycles. The van der Waals surface area contributed by atoms with E-state index < -0.39 is 16.0 Å². The topological polar surface area (TPSA) is 75.7 Å². The number of hydrogen-bond donors (Lipinski definition) is 1. The van der Waals surface area contributed by atoms with Gasteiger partial charge in [-0.05, 0) is 57.1 Å². The Morgan fingerprint density at radius 3 is 2.64 bits per heavy atom. The van der Waals surface area contributed by atoms with Gasteiger partial charge in [-0.3, -0.25) is 0 Å². The van der Waals surface area contributed by atoms with Crippen molar-refractivity contribution in [2.75, 3.05) is 33.3 Å². The highest BCUT2D eigenvalue weighted by Gasteiger charge is 2.32. The van der Waals surface area contributed by atoms with Crippen molar-refractivity contribution in [2.24, 2.45) is 5.92 Å². The third-order valence-electron chi connectivity index (χ3n) is 3.74. The van der Waals surface area contributed by atoms with Crippen molar-refractivity contribution >= 4 is 16.0 Å². The van der Waals surface area contributed by atoms with E-state index in [1.165, 1.54) is 28.6 Å². The van der Waals surface area contributed by atoms with Crippen molar-refractivity contribution in [3.05, 3.63) is 29.8 Å². The van der Waals surface area contributed by atoms with Crippen LogP contribution in [0.15, 0.2) is 29.2 Å². The van der Waals surface area contributed by atoms with E-state index in [0.717, 1.165) is 13.0 Å². The molecule has 1 aromatic carbocycles. The maximum atomic E-state index is 12.6. The van der Waals surface area contributed by atoms with E-state index in [0.29, 0.717) is 31.2 Å². The molecule has 122 valence electrons. The van der Waals surface area contributed by atoms with Crippen LogP contribution in [0.2, 0.25) is 0 Å². The number of sulfonamides is 1. The van der Waals surface area contributed by atoms with Gasteiger partial charge in [-0.25, -0.2) is 13.2 Å². The molecule has 6 nitrogen and oxygen atoms in total. The fourth-order valence-electron chi connectivity index (χ4n) is 2.60. The van der Waals surface area contributed by atoms with Gasteiger partial charge in [0.1, 0.15) is 0 Å². The van der Waals surface area contributed by atoms with Crippen LogP contribution in [-0.2, 0) is 14.8 Å². The summed E-state index contributed by atoms with van der Waals surface area (Å²) in [7, 11) is -1.62. The predicted molar refractivity (Wildman–Crippen MR) is 83.2 cm³/mol. The van der Waals surface area contributed by atoms with Crippen molar-refractivity contribution < 1.29 is 17.9 Å². The Bertz CT molecular complexity index is 613. The number of rotatable bonds is 6. The molecular weight excluding hydrogens is 304 g/mol. The van der Waals surface area contributed by atoms with Crippen molar-refractivity contribution in [2.45, 2.75) is 18.2 Å². The van der Waals surface area contributed by atoms with E-state index in [4.69, 9.17) is 4.74 Å². The van der Waals surface area contributed by atoms with Crippen LogP contribution in [0.25, 0.3) is 0 Å². The Balaban J connectivity index is 2.12. The summed E-state index contributed by atoms with van der Waals surface area (Å²) >= 11 is 0. The number of hydrogen-bond acceptors (Lipinski definition) is 5. The summed E-state index contributed by atoms with van der Waals surface area (Å²) in [6, 6.07) is 5.91. The summed E-state index contributed by atoms with van der Waals surface area (Å²) in [4.78, 5) is 11.8.